The zero-order valence-electron chi connectivity index (χ0n) is 15.9. The molecule has 28 heavy (non-hydrogen) atoms. The molecule has 0 amide bonds. The summed E-state index contributed by atoms with van der Waals surface area (Å²) in [5, 5.41) is 13.9. The molecule has 3 aromatic rings. The van der Waals surface area contributed by atoms with Crippen LogP contribution in [0.3, 0.4) is 0 Å². The molecule has 2 aliphatic heterocycles. The third-order valence-corrected chi connectivity index (χ3v) is 6.20. The van der Waals surface area contributed by atoms with Gasteiger partial charge in [-0.05, 0) is 31.4 Å². The second kappa shape index (κ2) is 6.41. The number of aryl methyl sites for hydroxylation is 1. The molecule has 8 heteroatoms. The van der Waals surface area contributed by atoms with Gasteiger partial charge < -0.3 is 19.9 Å². The fourth-order valence-electron chi connectivity index (χ4n) is 4.56. The highest BCUT2D eigenvalue weighted by Crippen LogP contribution is 2.35. The van der Waals surface area contributed by atoms with Crippen molar-refractivity contribution in [3.63, 3.8) is 0 Å². The minimum Gasteiger partial charge on any atom is -0.505 e. The van der Waals surface area contributed by atoms with Gasteiger partial charge in [0.2, 0.25) is 0 Å². The number of nitrogens with zero attached hydrogens (tertiary/aromatic N) is 5. The molecule has 4 heterocycles. The molecule has 2 bridgehead atoms. The Morgan fingerprint density at radius 1 is 1.21 bits per heavy atom. The number of halogens is 1. The van der Waals surface area contributed by atoms with Crippen LogP contribution in [0.25, 0.3) is 22.3 Å². The minimum absolute atomic E-state index is 0.0551. The number of phenolic OH excluding ortho intramolecular Hbond substituents is 1. The molecule has 4 atom stereocenters. The quantitative estimate of drug-likeness (QED) is 0.724. The molecular weight excluding hydrogens is 359 g/mol. The van der Waals surface area contributed by atoms with Crippen molar-refractivity contribution in [1.82, 2.24) is 24.8 Å². The van der Waals surface area contributed by atoms with E-state index in [1.54, 1.807) is 18.7 Å². The summed E-state index contributed by atoms with van der Waals surface area (Å²) in [6, 6.07) is 3.85. The second-order valence-corrected chi connectivity index (χ2v) is 7.85. The molecule has 2 fully saturated rings. The van der Waals surface area contributed by atoms with Crippen LogP contribution >= 0.6 is 0 Å². The van der Waals surface area contributed by atoms with Crippen molar-refractivity contribution in [3.8, 4) is 17.0 Å². The van der Waals surface area contributed by atoms with Crippen molar-refractivity contribution in [3.05, 3.63) is 30.9 Å². The van der Waals surface area contributed by atoms with Crippen LogP contribution in [0.15, 0.2) is 30.9 Å². The lowest BCUT2D eigenvalue weighted by Crippen LogP contribution is -2.55. The van der Waals surface area contributed by atoms with Gasteiger partial charge in [-0.1, -0.05) is 0 Å². The van der Waals surface area contributed by atoms with E-state index in [0.717, 1.165) is 24.8 Å². The minimum atomic E-state index is -0.916. The van der Waals surface area contributed by atoms with Crippen LogP contribution in [0.1, 0.15) is 19.3 Å². The summed E-state index contributed by atoms with van der Waals surface area (Å²) in [5.74, 6) is 0.725. The summed E-state index contributed by atoms with van der Waals surface area (Å²) in [7, 11) is 3.76. The summed E-state index contributed by atoms with van der Waals surface area (Å²) in [4.78, 5) is 15.1. The van der Waals surface area contributed by atoms with Crippen LogP contribution < -0.4 is 10.2 Å². The largest absolute Gasteiger partial charge is 0.505 e. The van der Waals surface area contributed by atoms with Gasteiger partial charge in [-0.2, -0.15) is 0 Å². The predicted molar refractivity (Wildman–Crippen MR) is 105 cm³/mol. The van der Waals surface area contributed by atoms with E-state index in [4.69, 9.17) is 0 Å². The number of nitrogens with one attached hydrogen (secondary N) is 1. The number of piperidine rings is 1. The van der Waals surface area contributed by atoms with E-state index in [1.807, 2.05) is 35.7 Å². The van der Waals surface area contributed by atoms with Crippen LogP contribution in [0.5, 0.6) is 5.75 Å². The molecule has 0 spiro atoms. The monoisotopic (exact) mass is 382 g/mol. The standard InChI is InChI=1S/C20H23FN6O/c1-26-10-24-19-15(26)6-4-12(20(19)28)14-8-23-17(9-22-14)27(2)16-7-11-3-5-13(25-11)18(16)21/h4,6,8-11,13,16,18,25,28H,3,5,7H2,1-2H3/t11?,13?,16-,18+/m0/s1. The molecule has 0 saturated carbocycles. The summed E-state index contributed by atoms with van der Waals surface area (Å²) >= 11 is 0. The number of fused-ring (bicyclic) bond motifs is 3. The SMILES string of the molecule is CN(c1cnc(-c2ccc3c(ncn3C)c2O)cn1)[C@H]1CC2CCC(N2)[C@H]1F. The number of aromatic nitrogens is 4. The fourth-order valence-corrected chi connectivity index (χ4v) is 4.56. The Labute approximate surface area is 162 Å². The van der Waals surface area contributed by atoms with Crippen LogP contribution in [-0.2, 0) is 7.05 Å². The van der Waals surface area contributed by atoms with Crippen molar-refractivity contribution < 1.29 is 9.50 Å². The number of alkyl halides is 1. The van der Waals surface area contributed by atoms with E-state index in [9.17, 15) is 9.50 Å². The van der Waals surface area contributed by atoms with E-state index in [2.05, 4.69) is 20.3 Å². The van der Waals surface area contributed by atoms with E-state index >= 15 is 0 Å². The maximum Gasteiger partial charge on any atom is 0.152 e. The first-order valence-corrected chi connectivity index (χ1v) is 9.61. The van der Waals surface area contributed by atoms with Gasteiger partial charge in [0, 0.05) is 31.7 Å². The maximum atomic E-state index is 14.8. The molecule has 0 radical (unpaired) electrons. The van der Waals surface area contributed by atoms with Gasteiger partial charge in [0.25, 0.3) is 0 Å². The van der Waals surface area contributed by atoms with E-state index < -0.39 is 6.17 Å². The zero-order chi connectivity index (χ0) is 19.4. The molecule has 1 aromatic carbocycles. The smallest absolute Gasteiger partial charge is 0.152 e. The van der Waals surface area contributed by atoms with Crippen molar-refractivity contribution in [1.29, 1.82) is 0 Å². The molecule has 2 unspecified atom stereocenters. The first-order valence-electron chi connectivity index (χ1n) is 9.61. The van der Waals surface area contributed by atoms with Gasteiger partial charge in [-0.15, -0.1) is 0 Å². The molecule has 5 rings (SSSR count). The lowest BCUT2D eigenvalue weighted by molar-refractivity contribution is 0.176. The molecular formula is C20H23FN6O. The zero-order valence-corrected chi connectivity index (χ0v) is 15.9. The van der Waals surface area contributed by atoms with Crippen LogP contribution in [0.4, 0.5) is 10.2 Å². The molecule has 7 nitrogen and oxygen atoms in total. The average molecular weight is 382 g/mol. The lowest BCUT2D eigenvalue weighted by Gasteiger charge is -2.38. The number of rotatable bonds is 3. The highest BCUT2D eigenvalue weighted by molar-refractivity contribution is 5.89. The molecule has 2 saturated heterocycles. The number of hydrogen-bond acceptors (Lipinski definition) is 6. The Morgan fingerprint density at radius 3 is 2.86 bits per heavy atom. The number of aromatic hydroxyl groups is 1. The van der Waals surface area contributed by atoms with Gasteiger partial charge in [0.15, 0.2) is 5.75 Å². The van der Waals surface area contributed by atoms with Crippen LogP contribution in [0.2, 0.25) is 0 Å². The highest BCUT2D eigenvalue weighted by Gasteiger charge is 2.43. The first kappa shape index (κ1) is 17.4. The third-order valence-electron chi connectivity index (χ3n) is 6.20. The number of anilines is 1. The predicted octanol–water partition coefficient (Wildman–Crippen LogP) is 2.40. The topological polar surface area (TPSA) is 79.1 Å². The van der Waals surface area contributed by atoms with Crippen molar-refractivity contribution in [2.24, 2.45) is 7.05 Å². The Balaban J connectivity index is 1.42. The molecule has 146 valence electrons. The molecule has 0 aliphatic carbocycles. The number of phenols is 1. The average Bonchev–Trinajstić information content (AvgIpc) is 3.29. The van der Waals surface area contributed by atoms with Crippen molar-refractivity contribution in [2.45, 2.75) is 43.6 Å². The van der Waals surface area contributed by atoms with Gasteiger partial charge in [0.05, 0.1) is 36.0 Å². The summed E-state index contributed by atoms with van der Waals surface area (Å²) in [6.07, 6.45) is 6.73. The highest BCUT2D eigenvalue weighted by atomic mass is 19.1. The number of benzene rings is 1. The first-order chi connectivity index (χ1) is 13.5. The summed E-state index contributed by atoms with van der Waals surface area (Å²) < 4.78 is 16.7. The number of imidazole rings is 1. The van der Waals surface area contributed by atoms with Gasteiger partial charge in [-0.25, -0.2) is 14.4 Å². The van der Waals surface area contributed by atoms with Gasteiger partial charge in [0.1, 0.15) is 17.5 Å². The number of hydrogen-bond donors (Lipinski definition) is 2. The van der Waals surface area contributed by atoms with Crippen molar-refractivity contribution in [2.75, 3.05) is 11.9 Å². The Bertz CT molecular complexity index is 1020. The second-order valence-electron chi connectivity index (χ2n) is 7.85. The van der Waals surface area contributed by atoms with Gasteiger partial charge >= 0.3 is 0 Å². The van der Waals surface area contributed by atoms with E-state index in [0.29, 0.717) is 28.6 Å². The van der Waals surface area contributed by atoms with E-state index in [-0.39, 0.29) is 17.8 Å². The van der Waals surface area contributed by atoms with Crippen LogP contribution in [-0.4, -0.2) is 56.0 Å². The molecule has 2 aliphatic rings. The van der Waals surface area contributed by atoms with Gasteiger partial charge in [-0.3, -0.25) is 4.98 Å². The van der Waals surface area contributed by atoms with E-state index in [1.165, 1.54) is 0 Å². The Morgan fingerprint density at radius 2 is 2.07 bits per heavy atom. The van der Waals surface area contributed by atoms with Crippen molar-refractivity contribution >= 4 is 16.9 Å². The summed E-state index contributed by atoms with van der Waals surface area (Å²) in [5.41, 5.74) is 2.52. The Hall–Kier alpha value is -2.74. The maximum absolute atomic E-state index is 14.8. The third kappa shape index (κ3) is 2.63. The normalized spacial score (nSPS) is 26.7. The molecule has 2 aromatic heterocycles. The lowest BCUT2D eigenvalue weighted by atomic mass is 9.96. The van der Waals surface area contributed by atoms with Crippen LogP contribution in [0, 0.1) is 0 Å². The fraction of sp³-hybridized carbons (Fsp3) is 0.450. The Kier molecular flexibility index (Phi) is 3.97. The molecule has 2 N–H and O–H groups in total. The summed E-state index contributed by atoms with van der Waals surface area (Å²) in [6.45, 7) is 0.